The monoisotopic (exact) mass is 329 g/mol. The van der Waals surface area contributed by atoms with Crippen molar-refractivity contribution in [3.63, 3.8) is 0 Å². The summed E-state index contributed by atoms with van der Waals surface area (Å²) in [5, 5.41) is 12.0. The summed E-state index contributed by atoms with van der Waals surface area (Å²) in [6.07, 6.45) is 4.29. The van der Waals surface area contributed by atoms with E-state index in [1.807, 2.05) is 12.1 Å². The van der Waals surface area contributed by atoms with Gasteiger partial charge in [0.2, 0.25) is 0 Å². The Hall–Kier alpha value is -2.91. The van der Waals surface area contributed by atoms with Gasteiger partial charge in [0.25, 0.3) is 5.82 Å². The van der Waals surface area contributed by atoms with E-state index in [-0.39, 0.29) is 6.61 Å². The topological polar surface area (TPSA) is 29.0 Å². The molecule has 0 radical (unpaired) electrons. The molecular weight excluding hydrogens is 308 g/mol. The van der Waals surface area contributed by atoms with Crippen molar-refractivity contribution in [3.05, 3.63) is 78.1 Å². The van der Waals surface area contributed by atoms with Crippen LogP contribution in [0.15, 0.2) is 66.7 Å². The van der Waals surface area contributed by atoms with Gasteiger partial charge in [-0.05, 0) is 34.5 Å². The van der Waals surface area contributed by atoms with Crippen molar-refractivity contribution >= 4 is 34.0 Å². The number of aliphatic hydroxyl groups is 1. The highest BCUT2D eigenvalue weighted by atomic mass is 16.3. The van der Waals surface area contributed by atoms with Crippen molar-refractivity contribution in [2.45, 2.75) is 6.54 Å². The highest BCUT2D eigenvalue weighted by Gasteiger charge is 2.19. The molecule has 0 spiro atoms. The molecule has 3 nitrogen and oxygen atoms in total. The second kappa shape index (κ2) is 6.54. The number of rotatable bonds is 4. The van der Waals surface area contributed by atoms with Crippen molar-refractivity contribution in [1.82, 2.24) is 4.57 Å². The van der Waals surface area contributed by atoms with Crippen LogP contribution < -0.4 is 4.57 Å². The van der Waals surface area contributed by atoms with E-state index in [0.717, 1.165) is 16.9 Å². The average Bonchev–Trinajstić information content (AvgIpc) is 2.92. The summed E-state index contributed by atoms with van der Waals surface area (Å²) in [7, 11) is 2.07. The van der Waals surface area contributed by atoms with Gasteiger partial charge in [-0.3, -0.25) is 0 Å². The van der Waals surface area contributed by atoms with Gasteiger partial charge in [0, 0.05) is 6.08 Å². The minimum atomic E-state index is 0.119. The van der Waals surface area contributed by atoms with Crippen LogP contribution >= 0.6 is 0 Å². The Balaban J connectivity index is 1.86. The van der Waals surface area contributed by atoms with Crippen molar-refractivity contribution in [3.8, 4) is 0 Å². The van der Waals surface area contributed by atoms with E-state index in [2.05, 4.69) is 82.9 Å². The van der Waals surface area contributed by atoms with Crippen LogP contribution in [0.3, 0.4) is 0 Å². The summed E-state index contributed by atoms with van der Waals surface area (Å²) in [4.78, 5) is 0. The minimum Gasteiger partial charge on any atom is -0.392 e. The Labute approximate surface area is 147 Å². The molecule has 0 aliphatic heterocycles. The van der Waals surface area contributed by atoms with Crippen LogP contribution in [0, 0.1) is 0 Å². The number of hydrogen-bond donors (Lipinski definition) is 1. The van der Waals surface area contributed by atoms with Crippen LogP contribution in [0.1, 0.15) is 11.4 Å². The normalized spacial score (nSPS) is 11.8. The Kier molecular flexibility index (Phi) is 4.08. The summed E-state index contributed by atoms with van der Waals surface area (Å²) >= 11 is 0. The van der Waals surface area contributed by atoms with E-state index in [1.54, 1.807) is 0 Å². The van der Waals surface area contributed by atoms with Crippen LogP contribution in [-0.2, 0) is 13.6 Å². The molecule has 1 heterocycles. The molecule has 0 saturated carbocycles. The van der Waals surface area contributed by atoms with Gasteiger partial charge in [0.05, 0.1) is 13.7 Å². The molecule has 0 unspecified atom stereocenters. The summed E-state index contributed by atoms with van der Waals surface area (Å²) in [5.41, 5.74) is 3.49. The van der Waals surface area contributed by atoms with Crippen molar-refractivity contribution in [2.24, 2.45) is 7.05 Å². The molecule has 0 saturated heterocycles. The molecule has 25 heavy (non-hydrogen) atoms. The molecule has 0 amide bonds. The van der Waals surface area contributed by atoms with Gasteiger partial charge >= 0.3 is 0 Å². The van der Waals surface area contributed by atoms with E-state index < -0.39 is 0 Å². The fourth-order valence-electron chi connectivity index (χ4n) is 3.50. The third kappa shape index (κ3) is 2.73. The van der Waals surface area contributed by atoms with Gasteiger partial charge in [-0.1, -0.05) is 54.6 Å². The fraction of sp³-hybridized carbons (Fsp3) is 0.136. The predicted molar refractivity (Wildman–Crippen MR) is 103 cm³/mol. The van der Waals surface area contributed by atoms with Crippen molar-refractivity contribution in [1.29, 1.82) is 0 Å². The molecule has 0 aliphatic rings. The number of aryl methyl sites for hydroxylation is 1. The number of aromatic nitrogens is 2. The Morgan fingerprint density at radius 1 is 0.920 bits per heavy atom. The van der Waals surface area contributed by atoms with E-state index in [4.69, 9.17) is 0 Å². The number of imidazole rings is 1. The molecule has 0 atom stereocenters. The molecular formula is C22H21N2O+. The molecule has 0 fully saturated rings. The molecule has 3 heteroatoms. The van der Waals surface area contributed by atoms with E-state index in [9.17, 15) is 5.11 Å². The lowest BCUT2D eigenvalue weighted by atomic mass is 10.0. The quantitative estimate of drug-likeness (QED) is 0.567. The molecule has 4 rings (SSSR count). The number of fused-ring (bicyclic) bond motifs is 2. The lowest BCUT2D eigenvalue weighted by molar-refractivity contribution is -0.647. The second-order valence-corrected chi connectivity index (χ2v) is 6.18. The van der Waals surface area contributed by atoms with Gasteiger partial charge in [-0.25, -0.2) is 9.13 Å². The van der Waals surface area contributed by atoms with Gasteiger partial charge in [-0.2, -0.15) is 0 Å². The molecule has 4 aromatic rings. The third-order valence-corrected chi connectivity index (χ3v) is 4.71. The van der Waals surface area contributed by atoms with E-state index in [1.165, 1.54) is 16.3 Å². The standard InChI is InChI=1S/C22H21N2O/c1-23-20-11-4-5-12-21(20)24(15-16-25)22(23)14-13-18-9-6-8-17-7-2-3-10-19(17)18/h2-14,25H,15-16H2,1H3/q+1/b14-13+. The third-order valence-electron chi connectivity index (χ3n) is 4.71. The van der Waals surface area contributed by atoms with Crippen LogP contribution in [0.2, 0.25) is 0 Å². The summed E-state index contributed by atoms with van der Waals surface area (Å²) in [6, 6.07) is 23.1. The van der Waals surface area contributed by atoms with Gasteiger partial charge in [0.1, 0.15) is 6.54 Å². The molecule has 1 aromatic heterocycles. The first kappa shape index (κ1) is 15.6. The molecule has 1 N–H and O–H groups in total. The smallest absolute Gasteiger partial charge is 0.282 e. The van der Waals surface area contributed by atoms with Gasteiger partial charge in [0.15, 0.2) is 11.0 Å². The summed E-state index contributed by atoms with van der Waals surface area (Å²) < 4.78 is 4.34. The number of hydrogen-bond acceptors (Lipinski definition) is 1. The SMILES string of the molecule is C[n+]1c(/C=C/c2cccc3ccccc23)n(CCO)c2ccccc21. The Bertz CT molecular complexity index is 1070. The summed E-state index contributed by atoms with van der Waals surface area (Å²) in [6.45, 7) is 0.699. The van der Waals surface area contributed by atoms with E-state index >= 15 is 0 Å². The van der Waals surface area contributed by atoms with Crippen LogP contribution in [0.5, 0.6) is 0 Å². The van der Waals surface area contributed by atoms with Crippen LogP contribution in [0.4, 0.5) is 0 Å². The first-order valence-corrected chi connectivity index (χ1v) is 8.53. The maximum Gasteiger partial charge on any atom is 0.282 e. The minimum absolute atomic E-state index is 0.119. The average molecular weight is 329 g/mol. The van der Waals surface area contributed by atoms with E-state index in [0.29, 0.717) is 6.54 Å². The summed E-state index contributed by atoms with van der Waals surface area (Å²) in [5.74, 6) is 1.07. The zero-order chi connectivity index (χ0) is 17.2. The predicted octanol–water partition coefficient (Wildman–Crippen LogP) is 3.78. The molecule has 3 aromatic carbocycles. The second-order valence-electron chi connectivity index (χ2n) is 6.18. The molecule has 0 bridgehead atoms. The maximum absolute atomic E-state index is 9.49. The number of aliphatic hydroxyl groups excluding tert-OH is 1. The first-order valence-electron chi connectivity index (χ1n) is 8.53. The lowest BCUT2D eigenvalue weighted by Crippen LogP contribution is -2.31. The zero-order valence-electron chi connectivity index (χ0n) is 14.3. The fourth-order valence-corrected chi connectivity index (χ4v) is 3.50. The highest BCUT2D eigenvalue weighted by Crippen LogP contribution is 2.21. The number of benzene rings is 3. The van der Waals surface area contributed by atoms with Crippen molar-refractivity contribution in [2.75, 3.05) is 6.61 Å². The zero-order valence-corrected chi connectivity index (χ0v) is 14.3. The number of para-hydroxylation sites is 2. The molecule has 124 valence electrons. The first-order chi connectivity index (χ1) is 12.3. The largest absolute Gasteiger partial charge is 0.392 e. The Morgan fingerprint density at radius 3 is 2.56 bits per heavy atom. The maximum atomic E-state index is 9.49. The van der Waals surface area contributed by atoms with Gasteiger partial charge in [-0.15, -0.1) is 0 Å². The Morgan fingerprint density at radius 2 is 1.68 bits per heavy atom. The van der Waals surface area contributed by atoms with Crippen molar-refractivity contribution < 1.29 is 9.67 Å². The van der Waals surface area contributed by atoms with Gasteiger partial charge < -0.3 is 5.11 Å². The molecule has 0 aliphatic carbocycles. The van der Waals surface area contributed by atoms with Crippen LogP contribution in [0.25, 0.3) is 34.0 Å². The van der Waals surface area contributed by atoms with Crippen LogP contribution in [-0.4, -0.2) is 16.3 Å². The lowest BCUT2D eigenvalue weighted by Gasteiger charge is -2.02. The number of nitrogens with zero attached hydrogens (tertiary/aromatic N) is 2. The highest BCUT2D eigenvalue weighted by molar-refractivity contribution is 5.92.